The normalized spacial score (nSPS) is 11.1. The highest BCUT2D eigenvalue weighted by Crippen LogP contribution is 1.99. The summed E-state index contributed by atoms with van der Waals surface area (Å²) in [4.78, 5) is 21.4. The van der Waals surface area contributed by atoms with Crippen LogP contribution in [0.15, 0.2) is 0 Å². The zero-order valence-electron chi connectivity index (χ0n) is 7.84. The first-order valence-electron chi connectivity index (χ1n) is 3.60. The summed E-state index contributed by atoms with van der Waals surface area (Å²) in [7, 11) is 3.41. The maximum absolute atomic E-state index is 11.3. The van der Waals surface area contributed by atoms with Crippen LogP contribution in [-0.4, -0.2) is 37.0 Å². The Bertz CT molecular complexity index is 177. The topological polar surface area (TPSA) is 61.4 Å². The lowest BCUT2D eigenvalue weighted by Crippen LogP contribution is -2.55. The Morgan fingerprint density at radius 3 is 2.25 bits per heavy atom. The van der Waals surface area contributed by atoms with Gasteiger partial charge in [-0.1, -0.05) is 0 Å². The Hall–Kier alpha value is -1.10. The standard InChI is InChI=1S/C7H15N3O2/c1-7(2,8-5-11)6(12)9-10(3)4/h5H,1-4H3,(H,8,11)(H,9,12). The molecule has 0 bridgehead atoms. The van der Waals surface area contributed by atoms with Gasteiger partial charge in [0.1, 0.15) is 5.54 Å². The van der Waals surface area contributed by atoms with E-state index in [9.17, 15) is 9.59 Å². The first-order chi connectivity index (χ1) is 5.40. The molecule has 0 radical (unpaired) electrons. The van der Waals surface area contributed by atoms with Crippen molar-refractivity contribution < 1.29 is 9.59 Å². The molecule has 0 saturated carbocycles. The van der Waals surface area contributed by atoms with Crippen LogP contribution < -0.4 is 10.7 Å². The molecule has 5 heteroatoms. The monoisotopic (exact) mass is 173 g/mol. The number of nitrogens with one attached hydrogen (secondary N) is 2. The van der Waals surface area contributed by atoms with Gasteiger partial charge in [0, 0.05) is 14.1 Å². The van der Waals surface area contributed by atoms with Crippen molar-refractivity contribution in [1.82, 2.24) is 15.8 Å². The summed E-state index contributed by atoms with van der Waals surface area (Å²) in [5.41, 5.74) is 1.67. The number of nitrogens with zero attached hydrogens (tertiary/aromatic N) is 1. The summed E-state index contributed by atoms with van der Waals surface area (Å²) >= 11 is 0. The van der Waals surface area contributed by atoms with E-state index in [4.69, 9.17) is 0 Å². The van der Waals surface area contributed by atoms with Crippen molar-refractivity contribution in [3.05, 3.63) is 0 Å². The van der Waals surface area contributed by atoms with Crippen LogP contribution in [0.2, 0.25) is 0 Å². The highest BCUT2D eigenvalue weighted by atomic mass is 16.2. The molecule has 0 spiro atoms. The molecule has 0 atom stereocenters. The van der Waals surface area contributed by atoms with Crippen LogP contribution in [0.4, 0.5) is 0 Å². The summed E-state index contributed by atoms with van der Waals surface area (Å²) in [6.07, 6.45) is 0.509. The van der Waals surface area contributed by atoms with Crippen molar-refractivity contribution >= 4 is 12.3 Å². The molecule has 0 heterocycles. The van der Waals surface area contributed by atoms with E-state index >= 15 is 0 Å². The van der Waals surface area contributed by atoms with Gasteiger partial charge in [-0.3, -0.25) is 15.0 Å². The fourth-order valence-corrected chi connectivity index (χ4v) is 0.556. The average Bonchev–Trinajstić information content (AvgIpc) is 1.85. The van der Waals surface area contributed by atoms with Crippen molar-refractivity contribution in [2.45, 2.75) is 19.4 Å². The average molecular weight is 173 g/mol. The van der Waals surface area contributed by atoms with Crippen LogP contribution in [0.25, 0.3) is 0 Å². The lowest BCUT2D eigenvalue weighted by atomic mass is 10.1. The second-order valence-electron chi connectivity index (χ2n) is 3.22. The van der Waals surface area contributed by atoms with Gasteiger partial charge in [0.2, 0.25) is 6.41 Å². The summed E-state index contributed by atoms with van der Waals surface area (Å²) < 4.78 is 0. The largest absolute Gasteiger partial charge is 0.345 e. The summed E-state index contributed by atoms with van der Waals surface area (Å²) in [5, 5.41) is 3.93. The van der Waals surface area contributed by atoms with Gasteiger partial charge >= 0.3 is 0 Å². The molecular formula is C7H15N3O2. The number of carbonyl (C=O) groups excluding carboxylic acids is 2. The maximum Gasteiger partial charge on any atom is 0.259 e. The lowest BCUT2D eigenvalue weighted by Gasteiger charge is -2.24. The summed E-state index contributed by atoms with van der Waals surface area (Å²) in [5.74, 6) is -0.250. The van der Waals surface area contributed by atoms with Gasteiger partial charge in [0.15, 0.2) is 0 Å². The van der Waals surface area contributed by atoms with Gasteiger partial charge in [-0.2, -0.15) is 0 Å². The van der Waals surface area contributed by atoms with Crippen LogP contribution in [0.5, 0.6) is 0 Å². The zero-order valence-corrected chi connectivity index (χ0v) is 7.84. The fourth-order valence-electron chi connectivity index (χ4n) is 0.556. The van der Waals surface area contributed by atoms with Crippen LogP contribution in [0.3, 0.4) is 0 Å². The molecule has 12 heavy (non-hydrogen) atoms. The van der Waals surface area contributed by atoms with Gasteiger partial charge in [0.05, 0.1) is 0 Å². The number of hydrazine groups is 1. The molecule has 0 aromatic rings. The molecule has 0 aliphatic rings. The van der Waals surface area contributed by atoms with E-state index in [1.165, 1.54) is 5.01 Å². The van der Waals surface area contributed by atoms with Gasteiger partial charge in [-0.25, -0.2) is 5.01 Å². The number of hydrogen-bond donors (Lipinski definition) is 2. The molecule has 0 fully saturated rings. The Kier molecular flexibility index (Phi) is 3.69. The van der Waals surface area contributed by atoms with Crippen molar-refractivity contribution in [2.24, 2.45) is 0 Å². The Morgan fingerprint density at radius 1 is 1.42 bits per heavy atom. The minimum absolute atomic E-state index is 0.250. The predicted molar refractivity (Wildman–Crippen MR) is 45.1 cm³/mol. The van der Waals surface area contributed by atoms with Gasteiger partial charge in [0.25, 0.3) is 5.91 Å². The molecule has 0 aromatic heterocycles. The second-order valence-corrected chi connectivity index (χ2v) is 3.22. The number of hydrogen-bond acceptors (Lipinski definition) is 3. The summed E-state index contributed by atoms with van der Waals surface area (Å²) in [6.45, 7) is 3.25. The minimum Gasteiger partial charge on any atom is -0.345 e. The van der Waals surface area contributed by atoms with E-state index in [1.54, 1.807) is 27.9 Å². The highest BCUT2D eigenvalue weighted by Gasteiger charge is 2.26. The SMILES string of the molecule is CN(C)NC(=O)C(C)(C)NC=O. The molecule has 2 N–H and O–H groups in total. The van der Waals surface area contributed by atoms with Gasteiger partial charge in [-0.05, 0) is 13.8 Å². The van der Waals surface area contributed by atoms with E-state index in [1.807, 2.05) is 0 Å². The van der Waals surface area contributed by atoms with E-state index in [0.717, 1.165) is 0 Å². The van der Waals surface area contributed by atoms with Gasteiger partial charge < -0.3 is 5.32 Å². The van der Waals surface area contributed by atoms with Crippen LogP contribution in [0, 0.1) is 0 Å². The third-order valence-corrected chi connectivity index (χ3v) is 1.31. The van der Waals surface area contributed by atoms with Crippen molar-refractivity contribution in [3.63, 3.8) is 0 Å². The molecule has 0 unspecified atom stereocenters. The van der Waals surface area contributed by atoms with Crippen molar-refractivity contribution in [3.8, 4) is 0 Å². The molecule has 5 nitrogen and oxygen atoms in total. The zero-order chi connectivity index (χ0) is 9.78. The molecule has 0 aromatic carbocycles. The van der Waals surface area contributed by atoms with E-state index in [0.29, 0.717) is 6.41 Å². The fraction of sp³-hybridized carbons (Fsp3) is 0.714. The first kappa shape index (κ1) is 10.9. The minimum atomic E-state index is -0.869. The molecule has 0 aliphatic carbocycles. The summed E-state index contributed by atoms with van der Waals surface area (Å²) in [6, 6.07) is 0. The smallest absolute Gasteiger partial charge is 0.259 e. The second kappa shape index (κ2) is 4.06. The third kappa shape index (κ3) is 3.34. The molecule has 0 aliphatic heterocycles. The number of amides is 2. The third-order valence-electron chi connectivity index (χ3n) is 1.31. The van der Waals surface area contributed by atoms with E-state index < -0.39 is 5.54 Å². The van der Waals surface area contributed by atoms with Crippen LogP contribution in [0.1, 0.15) is 13.8 Å². The van der Waals surface area contributed by atoms with Crippen molar-refractivity contribution in [1.29, 1.82) is 0 Å². The van der Waals surface area contributed by atoms with E-state index in [-0.39, 0.29) is 5.91 Å². The predicted octanol–water partition coefficient (Wildman–Crippen LogP) is -0.896. The van der Waals surface area contributed by atoms with Gasteiger partial charge in [-0.15, -0.1) is 0 Å². The van der Waals surface area contributed by atoms with Crippen LogP contribution in [-0.2, 0) is 9.59 Å². The molecule has 2 amide bonds. The number of rotatable bonds is 4. The molecular weight excluding hydrogens is 158 g/mol. The maximum atomic E-state index is 11.3. The molecule has 0 rings (SSSR count). The number of carbonyl (C=O) groups is 2. The Balaban J connectivity index is 4.14. The van der Waals surface area contributed by atoms with E-state index in [2.05, 4.69) is 10.7 Å². The molecule has 0 saturated heterocycles. The Morgan fingerprint density at radius 2 is 1.92 bits per heavy atom. The van der Waals surface area contributed by atoms with Crippen molar-refractivity contribution in [2.75, 3.05) is 14.1 Å². The first-order valence-corrected chi connectivity index (χ1v) is 3.60. The quantitative estimate of drug-likeness (QED) is 0.428. The lowest BCUT2D eigenvalue weighted by molar-refractivity contribution is -0.132. The molecule has 70 valence electrons. The Labute approximate surface area is 72.1 Å². The van der Waals surface area contributed by atoms with Crippen LogP contribution >= 0.6 is 0 Å². The highest BCUT2D eigenvalue weighted by molar-refractivity contribution is 5.86.